The lowest BCUT2D eigenvalue weighted by molar-refractivity contribution is -0.144. The Morgan fingerprint density at radius 3 is 2.21 bits per heavy atom. The number of hydrogen-bond donors (Lipinski definition) is 3. The van der Waals surface area contributed by atoms with Gasteiger partial charge in [0.2, 0.25) is 5.91 Å². The van der Waals surface area contributed by atoms with E-state index in [-0.39, 0.29) is 23.8 Å². The van der Waals surface area contributed by atoms with E-state index in [2.05, 4.69) is 12.2 Å². The van der Waals surface area contributed by atoms with Gasteiger partial charge in [-0.2, -0.15) is 0 Å². The van der Waals surface area contributed by atoms with Crippen molar-refractivity contribution >= 4 is 23.5 Å². The van der Waals surface area contributed by atoms with Crippen LogP contribution in [-0.4, -0.2) is 28.1 Å². The molecule has 0 aromatic heterocycles. The maximum Gasteiger partial charge on any atom is 0.335 e. The van der Waals surface area contributed by atoms with Gasteiger partial charge in [-0.05, 0) is 36.6 Å². The van der Waals surface area contributed by atoms with Crippen LogP contribution >= 0.6 is 0 Å². The summed E-state index contributed by atoms with van der Waals surface area (Å²) in [6, 6.07) is 5.85. The van der Waals surface area contributed by atoms with Crippen LogP contribution in [0.4, 0.5) is 5.69 Å². The van der Waals surface area contributed by atoms with Gasteiger partial charge in [0, 0.05) is 12.1 Å². The molecule has 6 nitrogen and oxygen atoms in total. The highest BCUT2D eigenvalue weighted by Crippen LogP contribution is 2.23. The molecule has 0 aliphatic rings. The zero-order chi connectivity index (χ0) is 18.1. The molecule has 0 saturated heterocycles. The molecule has 2 unspecified atom stereocenters. The Bertz CT molecular complexity index is 567. The fourth-order valence-electron chi connectivity index (χ4n) is 2.61. The van der Waals surface area contributed by atoms with E-state index in [1.807, 2.05) is 0 Å². The number of nitrogens with one attached hydrogen (secondary N) is 1. The van der Waals surface area contributed by atoms with Crippen LogP contribution in [0, 0.1) is 11.8 Å². The second kappa shape index (κ2) is 9.70. The summed E-state index contributed by atoms with van der Waals surface area (Å²) in [5, 5.41) is 20.9. The van der Waals surface area contributed by atoms with Crippen molar-refractivity contribution < 1.29 is 24.6 Å². The van der Waals surface area contributed by atoms with Crippen LogP contribution in [0.25, 0.3) is 0 Å². The van der Waals surface area contributed by atoms with Crippen molar-refractivity contribution in [2.24, 2.45) is 11.8 Å². The van der Waals surface area contributed by atoms with Gasteiger partial charge in [-0.1, -0.05) is 33.1 Å². The molecule has 0 bridgehead atoms. The molecule has 132 valence electrons. The molecular formula is C18H25NO5. The zero-order valence-electron chi connectivity index (χ0n) is 14.1. The van der Waals surface area contributed by atoms with E-state index in [9.17, 15) is 19.5 Å². The molecule has 0 aliphatic heterocycles. The molecule has 0 radical (unpaired) electrons. The Hall–Kier alpha value is -2.37. The predicted molar refractivity (Wildman–Crippen MR) is 91.1 cm³/mol. The summed E-state index contributed by atoms with van der Waals surface area (Å²) in [6.45, 7) is 3.83. The SMILES string of the molecule is CCCCCC(C(=O)O)C(C)CC(=O)Nc1ccc(C(=O)O)cc1. The number of benzene rings is 1. The maximum absolute atomic E-state index is 12.1. The molecular weight excluding hydrogens is 310 g/mol. The minimum Gasteiger partial charge on any atom is -0.481 e. The number of carboxylic acids is 2. The van der Waals surface area contributed by atoms with Gasteiger partial charge in [0.15, 0.2) is 0 Å². The molecule has 1 aromatic rings. The van der Waals surface area contributed by atoms with Crippen LogP contribution in [-0.2, 0) is 9.59 Å². The van der Waals surface area contributed by atoms with Crippen molar-refractivity contribution in [3.05, 3.63) is 29.8 Å². The number of carbonyl (C=O) groups is 3. The second-order valence-electron chi connectivity index (χ2n) is 6.05. The lowest BCUT2D eigenvalue weighted by Crippen LogP contribution is -2.26. The van der Waals surface area contributed by atoms with Gasteiger partial charge in [-0.15, -0.1) is 0 Å². The first-order valence-electron chi connectivity index (χ1n) is 8.21. The number of rotatable bonds is 10. The van der Waals surface area contributed by atoms with Crippen LogP contribution in [0.3, 0.4) is 0 Å². The normalized spacial score (nSPS) is 13.1. The van der Waals surface area contributed by atoms with Crippen molar-refractivity contribution in [2.75, 3.05) is 5.32 Å². The molecule has 0 fully saturated rings. The number of carbonyl (C=O) groups excluding carboxylic acids is 1. The van der Waals surface area contributed by atoms with Gasteiger partial charge in [-0.3, -0.25) is 9.59 Å². The lowest BCUT2D eigenvalue weighted by atomic mass is 9.86. The number of aromatic carboxylic acids is 1. The van der Waals surface area contributed by atoms with Crippen molar-refractivity contribution in [1.29, 1.82) is 0 Å². The Kier molecular flexibility index (Phi) is 7.95. The number of unbranched alkanes of at least 4 members (excludes halogenated alkanes) is 2. The molecule has 0 aliphatic carbocycles. The monoisotopic (exact) mass is 335 g/mol. The molecule has 0 heterocycles. The van der Waals surface area contributed by atoms with Gasteiger partial charge in [-0.25, -0.2) is 4.79 Å². The molecule has 0 saturated carbocycles. The van der Waals surface area contributed by atoms with Gasteiger partial charge >= 0.3 is 11.9 Å². The Morgan fingerprint density at radius 1 is 1.08 bits per heavy atom. The molecule has 1 aromatic carbocycles. The summed E-state index contributed by atoms with van der Waals surface area (Å²) in [5.41, 5.74) is 0.637. The van der Waals surface area contributed by atoms with E-state index < -0.39 is 17.9 Å². The smallest absolute Gasteiger partial charge is 0.335 e. The molecule has 24 heavy (non-hydrogen) atoms. The van der Waals surface area contributed by atoms with E-state index in [4.69, 9.17) is 5.11 Å². The highest BCUT2D eigenvalue weighted by atomic mass is 16.4. The number of amides is 1. The minimum absolute atomic E-state index is 0.115. The van der Waals surface area contributed by atoms with E-state index in [1.165, 1.54) is 24.3 Å². The first-order valence-corrected chi connectivity index (χ1v) is 8.21. The third-order valence-electron chi connectivity index (χ3n) is 4.05. The highest BCUT2D eigenvalue weighted by Gasteiger charge is 2.26. The Morgan fingerprint density at radius 2 is 1.71 bits per heavy atom. The summed E-state index contributed by atoms with van der Waals surface area (Å²) in [7, 11) is 0. The predicted octanol–water partition coefficient (Wildman–Crippen LogP) is 3.63. The third-order valence-corrected chi connectivity index (χ3v) is 4.05. The van der Waals surface area contributed by atoms with Crippen LogP contribution in [0.1, 0.15) is 56.3 Å². The molecule has 0 spiro atoms. The number of hydrogen-bond acceptors (Lipinski definition) is 3. The van der Waals surface area contributed by atoms with Crippen molar-refractivity contribution in [3.63, 3.8) is 0 Å². The molecule has 2 atom stereocenters. The molecule has 3 N–H and O–H groups in total. The van der Waals surface area contributed by atoms with Crippen LogP contribution in [0.5, 0.6) is 0 Å². The van der Waals surface area contributed by atoms with Gasteiger partial charge in [0.25, 0.3) is 0 Å². The second-order valence-corrected chi connectivity index (χ2v) is 6.05. The average Bonchev–Trinajstić information content (AvgIpc) is 2.51. The minimum atomic E-state index is -1.03. The summed E-state index contributed by atoms with van der Waals surface area (Å²) in [6.07, 6.45) is 3.54. The molecule has 1 amide bonds. The largest absolute Gasteiger partial charge is 0.481 e. The van der Waals surface area contributed by atoms with Crippen molar-refractivity contribution in [1.82, 2.24) is 0 Å². The first kappa shape index (κ1) is 19.7. The number of aliphatic carboxylic acids is 1. The summed E-state index contributed by atoms with van der Waals surface area (Å²) < 4.78 is 0. The van der Waals surface area contributed by atoms with Crippen molar-refractivity contribution in [3.8, 4) is 0 Å². The van der Waals surface area contributed by atoms with E-state index in [0.29, 0.717) is 12.1 Å². The van der Waals surface area contributed by atoms with E-state index in [1.54, 1.807) is 6.92 Å². The van der Waals surface area contributed by atoms with Gasteiger partial charge < -0.3 is 15.5 Å². The van der Waals surface area contributed by atoms with Gasteiger partial charge in [0.05, 0.1) is 11.5 Å². The fraction of sp³-hybridized carbons (Fsp3) is 0.500. The maximum atomic E-state index is 12.1. The van der Waals surface area contributed by atoms with Crippen LogP contribution in [0.15, 0.2) is 24.3 Å². The highest BCUT2D eigenvalue weighted by molar-refractivity contribution is 5.92. The van der Waals surface area contributed by atoms with E-state index >= 15 is 0 Å². The Labute approximate surface area is 141 Å². The summed E-state index contributed by atoms with van der Waals surface area (Å²) in [5.74, 6) is -2.96. The number of carboxylic acid groups (broad SMARTS) is 2. The summed E-state index contributed by atoms with van der Waals surface area (Å²) >= 11 is 0. The fourth-order valence-corrected chi connectivity index (χ4v) is 2.61. The average molecular weight is 335 g/mol. The third kappa shape index (κ3) is 6.40. The first-order chi connectivity index (χ1) is 11.3. The number of anilines is 1. The molecule has 1 rings (SSSR count). The molecule has 6 heteroatoms. The van der Waals surface area contributed by atoms with Gasteiger partial charge in [0.1, 0.15) is 0 Å². The van der Waals surface area contributed by atoms with E-state index in [0.717, 1.165) is 19.3 Å². The van der Waals surface area contributed by atoms with Crippen molar-refractivity contribution in [2.45, 2.75) is 46.0 Å². The Balaban J connectivity index is 2.57. The standard InChI is InChI=1S/C18H25NO5/c1-3-4-5-6-15(18(23)24)12(2)11-16(20)19-14-9-7-13(8-10-14)17(21)22/h7-10,12,15H,3-6,11H2,1-2H3,(H,19,20)(H,21,22)(H,23,24). The summed E-state index contributed by atoms with van der Waals surface area (Å²) in [4.78, 5) is 34.3. The topological polar surface area (TPSA) is 104 Å². The van der Waals surface area contributed by atoms with Crippen LogP contribution in [0.2, 0.25) is 0 Å². The van der Waals surface area contributed by atoms with Crippen LogP contribution < -0.4 is 5.32 Å². The zero-order valence-corrected chi connectivity index (χ0v) is 14.1. The lowest BCUT2D eigenvalue weighted by Gasteiger charge is -2.19. The quantitative estimate of drug-likeness (QED) is 0.566.